The van der Waals surface area contributed by atoms with Gasteiger partial charge in [0.15, 0.2) is 11.5 Å². The van der Waals surface area contributed by atoms with Crippen molar-refractivity contribution in [1.82, 2.24) is 0 Å². The average molecular weight is 235 g/mol. The number of nitrogens with two attached hydrogens (primary N) is 1. The van der Waals surface area contributed by atoms with Gasteiger partial charge in [-0.1, -0.05) is 6.07 Å². The largest absolute Gasteiger partial charge is 0.493 e. The lowest BCUT2D eigenvalue weighted by Crippen LogP contribution is -2.22. The fourth-order valence-corrected chi connectivity index (χ4v) is 2.18. The maximum Gasteiger partial charge on any atom is 0.163 e. The van der Waals surface area contributed by atoms with Gasteiger partial charge in [0.1, 0.15) is 0 Å². The van der Waals surface area contributed by atoms with Crippen molar-refractivity contribution < 1.29 is 9.47 Å². The standard InChI is InChI=1S/C14H21NO2/c1-10-8-11(4-5-14(15)6-7-14)13(17-3)12(9-10)16-2/h8-9H,4-7,15H2,1-3H3. The van der Waals surface area contributed by atoms with E-state index in [9.17, 15) is 0 Å². The van der Waals surface area contributed by atoms with E-state index in [2.05, 4.69) is 13.0 Å². The van der Waals surface area contributed by atoms with Gasteiger partial charge >= 0.3 is 0 Å². The molecule has 0 amide bonds. The van der Waals surface area contributed by atoms with E-state index < -0.39 is 0 Å². The zero-order valence-electron chi connectivity index (χ0n) is 10.9. The third-order valence-corrected chi connectivity index (χ3v) is 3.48. The highest BCUT2D eigenvalue weighted by molar-refractivity contribution is 5.49. The molecule has 94 valence electrons. The highest BCUT2D eigenvalue weighted by Crippen LogP contribution is 2.39. The molecule has 1 aliphatic carbocycles. The van der Waals surface area contributed by atoms with Crippen LogP contribution >= 0.6 is 0 Å². The summed E-state index contributed by atoms with van der Waals surface area (Å²) in [7, 11) is 3.36. The Balaban J connectivity index is 2.21. The summed E-state index contributed by atoms with van der Waals surface area (Å²) in [6.45, 7) is 2.07. The summed E-state index contributed by atoms with van der Waals surface area (Å²) in [5.41, 5.74) is 8.60. The third-order valence-electron chi connectivity index (χ3n) is 3.48. The second-order valence-electron chi connectivity index (χ2n) is 5.02. The normalized spacial score (nSPS) is 16.7. The van der Waals surface area contributed by atoms with Crippen LogP contribution < -0.4 is 15.2 Å². The smallest absolute Gasteiger partial charge is 0.163 e. The molecule has 17 heavy (non-hydrogen) atoms. The average Bonchev–Trinajstić information content (AvgIpc) is 3.04. The number of hydrogen-bond acceptors (Lipinski definition) is 3. The van der Waals surface area contributed by atoms with E-state index in [1.807, 2.05) is 6.07 Å². The van der Waals surface area contributed by atoms with Crippen LogP contribution in [0.25, 0.3) is 0 Å². The van der Waals surface area contributed by atoms with Crippen LogP contribution in [-0.4, -0.2) is 19.8 Å². The Morgan fingerprint density at radius 1 is 1.24 bits per heavy atom. The van der Waals surface area contributed by atoms with E-state index in [4.69, 9.17) is 15.2 Å². The summed E-state index contributed by atoms with van der Waals surface area (Å²) in [5, 5.41) is 0. The number of methoxy groups -OCH3 is 2. The van der Waals surface area contributed by atoms with E-state index >= 15 is 0 Å². The molecule has 1 aromatic carbocycles. The zero-order valence-corrected chi connectivity index (χ0v) is 10.9. The van der Waals surface area contributed by atoms with Crippen LogP contribution in [0.3, 0.4) is 0 Å². The lowest BCUT2D eigenvalue weighted by Gasteiger charge is -2.15. The summed E-state index contributed by atoms with van der Waals surface area (Å²) in [6.07, 6.45) is 4.28. The molecule has 2 N–H and O–H groups in total. The van der Waals surface area contributed by atoms with E-state index in [-0.39, 0.29) is 5.54 Å². The number of benzene rings is 1. The Morgan fingerprint density at radius 3 is 2.47 bits per heavy atom. The van der Waals surface area contributed by atoms with E-state index in [1.165, 1.54) is 11.1 Å². The molecule has 0 atom stereocenters. The van der Waals surface area contributed by atoms with Crippen molar-refractivity contribution in [1.29, 1.82) is 0 Å². The Hall–Kier alpha value is -1.22. The van der Waals surface area contributed by atoms with Crippen molar-refractivity contribution in [2.24, 2.45) is 5.73 Å². The number of aryl methyl sites for hydroxylation is 2. The minimum atomic E-state index is 0.0853. The lowest BCUT2D eigenvalue weighted by atomic mass is 10.0. The van der Waals surface area contributed by atoms with Crippen LogP contribution in [0.1, 0.15) is 30.4 Å². The highest BCUT2D eigenvalue weighted by Gasteiger charge is 2.37. The first-order valence-corrected chi connectivity index (χ1v) is 6.08. The second kappa shape index (κ2) is 4.57. The van der Waals surface area contributed by atoms with Crippen LogP contribution in [0.4, 0.5) is 0 Å². The Morgan fingerprint density at radius 2 is 1.94 bits per heavy atom. The summed E-state index contributed by atoms with van der Waals surface area (Å²) in [4.78, 5) is 0. The molecule has 2 rings (SSSR count). The molecule has 3 heteroatoms. The molecule has 1 fully saturated rings. The molecule has 0 heterocycles. The van der Waals surface area contributed by atoms with Gasteiger partial charge in [-0.15, -0.1) is 0 Å². The molecule has 0 aliphatic heterocycles. The molecule has 3 nitrogen and oxygen atoms in total. The maximum atomic E-state index is 6.12. The SMILES string of the molecule is COc1cc(C)cc(CCC2(N)CC2)c1OC. The van der Waals surface area contributed by atoms with Gasteiger partial charge in [0, 0.05) is 5.54 Å². The van der Waals surface area contributed by atoms with Gasteiger partial charge in [0.2, 0.25) is 0 Å². The highest BCUT2D eigenvalue weighted by atomic mass is 16.5. The fourth-order valence-electron chi connectivity index (χ4n) is 2.18. The summed E-state index contributed by atoms with van der Waals surface area (Å²) in [6, 6.07) is 4.16. The first-order valence-electron chi connectivity index (χ1n) is 6.08. The number of hydrogen-bond donors (Lipinski definition) is 1. The van der Waals surface area contributed by atoms with Crippen molar-refractivity contribution in [3.05, 3.63) is 23.3 Å². The van der Waals surface area contributed by atoms with Crippen molar-refractivity contribution in [2.75, 3.05) is 14.2 Å². The van der Waals surface area contributed by atoms with Crippen molar-refractivity contribution >= 4 is 0 Å². The molecular weight excluding hydrogens is 214 g/mol. The Labute approximate surface area is 103 Å². The van der Waals surface area contributed by atoms with Gasteiger partial charge in [-0.2, -0.15) is 0 Å². The van der Waals surface area contributed by atoms with Crippen LogP contribution in [0.2, 0.25) is 0 Å². The second-order valence-corrected chi connectivity index (χ2v) is 5.02. The van der Waals surface area contributed by atoms with Gasteiger partial charge < -0.3 is 15.2 Å². The summed E-state index contributed by atoms with van der Waals surface area (Å²) >= 11 is 0. The van der Waals surface area contributed by atoms with Crippen LogP contribution in [0, 0.1) is 6.92 Å². The predicted molar refractivity (Wildman–Crippen MR) is 68.8 cm³/mol. The summed E-state index contributed by atoms with van der Waals surface area (Å²) < 4.78 is 10.8. The molecule has 0 unspecified atom stereocenters. The Kier molecular flexibility index (Phi) is 3.29. The van der Waals surface area contributed by atoms with E-state index in [0.29, 0.717) is 0 Å². The molecule has 0 saturated heterocycles. The zero-order chi connectivity index (χ0) is 12.5. The van der Waals surface area contributed by atoms with Crippen LogP contribution in [0.5, 0.6) is 11.5 Å². The minimum Gasteiger partial charge on any atom is -0.493 e. The van der Waals surface area contributed by atoms with E-state index in [1.54, 1.807) is 14.2 Å². The fraction of sp³-hybridized carbons (Fsp3) is 0.571. The molecule has 1 aliphatic rings. The monoisotopic (exact) mass is 235 g/mol. The molecule has 0 bridgehead atoms. The quantitative estimate of drug-likeness (QED) is 0.852. The van der Waals surface area contributed by atoms with E-state index in [0.717, 1.165) is 37.2 Å². The van der Waals surface area contributed by atoms with Gasteiger partial charge in [0.25, 0.3) is 0 Å². The molecule has 0 aromatic heterocycles. The third kappa shape index (κ3) is 2.72. The summed E-state index contributed by atoms with van der Waals surface area (Å²) in [5.74, 6) is 1.66. The van der Waals surface area contributed by atoms with Gasteiger partial charge in [-0.05, 0) is 49.8 Å². The first-order chi connectivity index (χ1) is 8.08. The topological polar surface area (TPSA) is 44.5 Å². The van der Waals surface area contributed by atoms with Crippen molar-refractivity contribution in [3.63, 3.8) is 0 Å². The first kappa shape index (κ1) is 12.2. The molecule has 1 saturated carbocycles. The molecule has 0 spiro atoms. The lowest BCUT2D eigenvalue weighted by molar-refractivity contribution is 0.350. The van der Waals surface area contributed by atoms with Crippen molar-refractivity contribution in [2.45, 2.75) is 38.1 Å². The number of rotatable bonds is 5. The Bertz CT molecular complexity index is 411. The van der Waals surface area contributed by atoms with Gasteiger partial charge in [-0.3, -0.25) is 0 Å². The van der Waals surface area contributed by atoms with Crippen LogP contribution in [-0.2, 0) is 6.42 Å². The van der Waals surface area contributed by atoms with Crippen molar-refractivity contribution in [3.8, 4) is 11.5 Å². The predicted octanol–water partition coefficient (Wildman–Crippen LogP) is 2.44. The number of ether oxygens (including phenoxy) is 2. The maximum absolute atomic E-state index is 6.12. The molecular formula is C14H21NO2. The minimum absolute atomic E-state index is 0.0853. The van der Waals surface area contributed by atoms with Crippen LogP contribution in [0.15, 0.2) is 12.1 Å². The van der Waals surface area contributed by atoms with Gasteiger partial charge in [0.05, 0.1) is 14.2 Å². The molecule has 1 aromatic rings. The molecule has 0 radical (unpaired) electrons. The van der Waals surface area contributed by atoms with Gasteiger partial charge in [-0.25, -0.2) is 0 Å².